The third-order valence-electron chi connectivity index (χ3n) is 1.65. The average Bonchev–Trinajstić information content (AvgIpc) is 2.53. The van der Waals surface area contributed by atoms with E-state index in [0.29, 0.717) is 0 Å². The molecule has 0 saturated heterocycles. The number of fused-ring (bicyclic) bond motifs is 1. The molecule has 2 N–H and O–H groups in total. The molecule has 2 aromatic heterocycles. The topological polar surface area (TPSA) is 66.5 Å². The van der Waals surface area contributed by atoms with Gasteiger partial charge in [-0.15, -0.1) is 0 Å². The van der Waals surface area contributed by atoms with Crippen molar-refractivity contribution in [3.05, 3.63) is 18.3 Å². The Bertz CT molecular complexity index is 380. The number of aromatic nitrogens is 4. The molecule has 2 heterocycles. The minimum Gasteiger partial charge on any atom is -0.342 e. The summed E-state index contributed by atoms with van der Waals surface area (Å²) in [7, 11) is 1.88. The monoisotopic (exact) mass is 163 g/mol. The molecule has 0 aliphatic rings. The summed E-state index contributed by atoms with van der Waals surface area (Å²) in [5.74, 6) is 0. The van der Waals surface area contributed by atoms with E-state index in [9.17, 15) is 0 Å². The van der Waals surface area contributed by atoms with Crippen LogP contribution < -0.4 is 5.32 Å². The first-order chi connectivity index (χ1) is 5.92. The van der Waals surface area contributed by atoms with Gasteiger partial charge in [0.15, 0.2) is 5.65 Å². The Balaban J connectivity index is 2.57. The summed E-state index contributed by atoms with van der Waals surface area (Å²) in [5.41, 5.74) is 2.57. The van der Waals surface area contributed by atoms with E-state index < -0.39 is 0 Å². The summed E-state index contributed by atoms with van der Waals surface area (Å²) < 4.78 is 0. The number of nitrogens with zero attached hydrogens (tertiary/aromatic N) is 3. The molecule has 5 nitrogen and oxygen atoms in total. The molecule has 2 rings (SSSR count). The first-order valence-electron chi connectivity index (χ1n) is 3.69. The Hall–Kier alpha value is -1.49. The molecule has 0 atom stereocenters. The van der Waals surface area contributed by atoms with Crippen molar-refractivity contribution in [1.29, 1.82) is 0 Å². The molecule has 0 radical (unpaired) electrons. The number of rotatable bonds is 2. The zero-order valence-electron chi connectivity index (χ0n) is 6.70. The fourth-order valence-corrected chi connectivity index (χ4v) is 1.12. The van der Waals surface area contributed by atoms with Gasteiger partial charge in [0.1, 0.15) is 11.8 Å². The van der Waals surface area contributed by atoms with Crippen molar-refractivity contribution >= 4 is 11.2 Å². The van der Waals surface area contributed by atoms with Crippen molar-refractivity contribution in [3.8, 4) is 0 Å². The van der Waals surface area contributed by atoms with Gasteiger partial charge in [-0.3, -0.25) is 0 Å². The smallest absolute Gasteiger partial charge is 0.180 e. The van der Waals surface area contributed by atoms with E-state index in [4.69, 9.17) is 0 Å². The Morgan fingerprint density at radius 1 is 1.42 bits per heavy atom. The van der Waals surface area contributed by atoms with Crippen LogP contribution in [-0.2, 0) is 6.54 Å². The molecule has 62 valence electrons. The minimum absolute atomic E-state index is 0.718. The van der Waals surface area contributed by atoms with Gasteiger partial charge in [-0.1, -0.05) is 0 Å². The molecule has 12 heavy (non-hydrogen) atoms. The van der Waals surface area contributed by atoms with Gasteiger partial charge in [-0.05, 0) is 7.05 Å². The molecular weight excluding hydrogens is 154 g/mol. The highest BCUT2D eigenvalue weighted by molar-refractivity contribution is 5.71. The molecule has 5 heteroatoms. The van der Waals surface area contributed by atoms with Crippen molar-refractivity contribution in [2.24, 2.45) is 0 Å². The van der Waals surface area contributed by atoms with Crippen LogP contribution in [0, 0.1) is 0 Å². The summed E-state index contributed by atoms with van der Waals surface area (Å²) in [5, 5.41) is 3.03. The number of hydrogen-bond donors (Lipinski definition) is 2. The molecule has 0 amide bonds. The van der Waals surface area contributed by atoms with Crippen LogP contribution in [0.4, 0.5) is 0 Å². The van der Waals surface area contributed by atoms with Gasteiger partial charge in [0, 0.05) is 6.54 Å². The van der Waals surface area contributed by atoms with Gasteiger partial charge in [0.2, 0.25) is 0 Å². The second-order valence-corrected chi connectivity index (χ2v) is 2.45. The van der Waals surface area contributed by atoms with Crippen LogP contribution in [0.25, 0.3) is 11.2 Å². The zero-order valence-corrected chi connectivity index (χ0v) is 6.70. The van der Waals surface area contributed by atoms with E-state index in [1.165, 1.54) is 6.33 Å². The van der Waals surface area contributed by atoms with Crippen LogP contribution in [0.2, 0.25) is 0 Å². The maximum absolute atomic E-state index is 4.12. The van der Waals surface area contributed by atoms with Gasteiger partial charge in [-0.25, -0.2) is 15.0 Å². The van der Waals surface area contributed by atoms with Gasteiger partial charge < -0.3 is 10.3 Å². The SMILES string of the molecule is CNCc1ncnc2nc[nH]c12. The first-order valence-corrected chi connectivity index (χ1v) is 3.69. The lowest BCUT2D eigenvalue weighted by molar-refractivity contribution is 0.793. The summed E-state index contributed by atoms with van der Waals surface area (Å²) in [6, 6.07) is 0. The van der Waals surface area contributed by atoms with E-state index >= 15 is 0 Å². The summed E-state index contributed by atoms with van der Waals surface area (Å²) in [6.45, 7) is 0.723. The lowest BCUT2D eigenvalue weighted by atomic mass is 10.3. The molecule has 0 spiro atoms. The summed E-state index contributed by atoms with van der Waals surface area (Å²) >= 11 is 0. The second-order valence-electron chi connectivity index (χ2n) is 2.45. The Morgan fingerprint density at radius 2 is 2.33 bits per heavy atom. The lowest BCUT2D eigenvalue weighted by Gasteiger charge is -1.97. The molecular formula is C7H9N5. The van der Waals surface area contributed by atoms with Crippen LogP contribution in [0.5, 0.6) is 0 Å². The molecule has 0 bridgehead atoms. The quantitative estimate of drug-likeness (QED) is 0.657. The molecule has 0 unspecified atom stereocenters. The maximum atomic E-state index is 4.12. The lowest BCUT2D eigenvalue weighted by Crippen LogP contribution is -2.07. The number of nitrogens with one attached hydrogen (secondary N) is 2. The first kappa shape index (κ1) is 7.17. The largest absolute Gasteiger partial charge is 0.342 e. The number of H-pyrrole nitrogens is 1. The fourth-order valence-electron chi connectivity index (χ4n) is 1.12. The van der Waals surface area contributed by atoms with Crippen molar-refractivity contribution in [2.45, 2.75) is 6.54 Å². The van der Waals surface area contributed by atoms with Crippen LogP contribution in [0.1, 0.15) is 5.69 Å². The number of aromatic amines is 1. The van der Waals surface area contributed by atoms with Crippen molar-refractivity contribution in [3.63, 3.8) is 0 Å². The highest BCUT2D eigenvalue weighted by Crippen LogP contribution is 2.07. The predicted octanol–water partition coefficient (Wildman–Crippen LogP) is 0.0723. The molecule has 0 saturated carbocycles. The highest BCUT2D eigenvalue weighted by atomic mass is 15.0. The third kappa shape index (κ3) is 1.04. The van der Waals surface area contributed by atoms with Crippen LogP contribution in [-0.4, -0.2) is 27.0 Å². The summed E-state index contributed by atoms with van der Waals surface area (Å²) in [4.78, 5) is 15.2. The number of imidazole rings is 1. The predicted molar refractivity (Wildman–Crippen MR) is 44.4 cm³/mol. The van der Waals surface area contributed by atoms with Gasteiger partial charge in [-0.2, -0.15) is 0 Å². The van der Waals surface area contributed by atoms with Gasteiger partial charge >= 0.3 is 0 Å². The summed E-state index contributed by atoms with van der Waals surface area (Å²) in [6.07, 6.45) is 3.15. The highest BCUT2D eigenvalue weighted by Gasteiger charge is 2.02. The van der Waals surface area contributed by atoms with E-state index in [1.54, 1.807) is 6.33 Å². The van der Waals surface area contributed by atoms with Crippen LogP contribution in [0.3, 0.4) is 0 Å². The van der Waals surface area contributed by atoms with Gasteiger partial charge in [0.05, 0.1) is 12.0 Å². The van der Waals surface area contributed by atoms with Gasteiger partial charge in [0.25, 0.3) is 0 Å². The Labute approximate surface area is 69.3 Å². The average molecular weight is 163 g/mol. The van der Waals surface area contributed by atoms with E-state index in [-0.39, 0.29) is 0 Å². The van der Waals surface area contributed by atoms with Crippen LogP contribution >= 0.6 is 0 Å². The van der Waals surface area contributed by atoms with E-state index in [1.807, 2.05) is 7.05 Å². The third-order valence-corrected chi connectivity index (χ3v) is 1.65. The van der Waals surface area contributed by atoms with Crippen molar-refractivity contribution in [2.75, 3.05) is 7.05 Å². The Kier molecular flexibility index (Phi) is 1.71. The normalized spacial score (nSPS) is 10.8. The molecule has 0 fully saturated rings. The molecule has 0 aliphatic carbocycles. The second kappa shape index (κ2) is 2.86. The molecule has 0 aliphatic heterocycles. The van der Waals surface area contributed by atoms with Crippen LogP contribution in [0.15, 0.2) is 12.7 Å². The Morgan fingerprint density at radius 3 is 3.17 bits per heavy atom. The molecule has 0 aromatic carbocycles. The van der Waals surface area contributed by atoms with Crippen molar-refractivity contribution < 1.29 is 0 Å². The van der Waals surface area contributed by atoms with E-state index in [2.05, 4.69) is 25.3 Å². The van der Waals surface area contributed by atoms with Crippen molar-refractivity contribution in [1.82, 2.24) is 25.3 Å². The molecule has 2 aromatic rings. The minimum atomic E-state index is 0.718. The maximum Gasteiger partial charge on any atom is 0.180 e. The van der Waals surface area contributed by atoms with E-state index in [0.717, 1.165) is 23.4 Å². The fraction of sp³-hybridized carbons (Fsp3) is 0.286. The zero-order chi connectivity index (χ0) is 8.39. The number of hydrogen-bond acceptors (Lipinski definition) is 4. The standard InChI is InChI=1S/C7H9N5/c1-8-2-5-6-7(11-3-9-5)12-4-10-6/h3-4,8H,2H2,1H3,(H,9,10,11,12).